The molecule has 128 valence electrons. The lowest BCUT2D eigenvalue weighted by Gasteiger charge is -2.31. The summed E-state index contributed by atoms with van der Waals surface area (Å²) < 4.78 is 9.95. The zero-order valence-corrected chi connectivity index (χ0v) is 13.9. The summed E-state index contributed by atoms with van der Waals surface area (Å²) in [5.41, 5.74) is 0.839. The Balaban J connectivity index is 1.81. The van der Waals surface area contributed by atoms with Crippen LogP contribution < -0.4 is 10.6 Å². The molecule has 3 amide bonds. The number of urea groups is 1. The van der Waals surface area contributed by atoms with Crippen LogP contribution in [0.5, 0.6) is 0 Å². The Morgan fingerprint density at radius 2 is 2.38 bits per heavy atom. The lowest BCUT2D eigenvalue weighted by Crippen LogP contribution is -2.50. The summed E-state index contributed by atoms with van der Waals surface area (Å²) >= 11 is 1.44. The molecule has 1 unspecified atom stereocenters. The molecule has 3 heterocycles. The molecule has 3 rings (SSSR count). The van der Waals surface area contributed by atoms with Gasteiger partial charge in [-0.05, 0) is 11.4 Å². The highest BCUT2D eigenvalue weighted by Crippen LogP contribution is 2.36. The van der Waals surface area contributed by atoms with E-state index >= 15 is 0 Å². The van der Waals surface area contributed by atoms with Gasteiger partial charge >= 0.3 is 12.0 Å². The number of hydrogen-bond donors (Lipinski definition) is 2. The summed E-state index contributed by atoms with van der Waals surface area (Å²) in [5.74, 6) is -0.795. The Kier molecular flexibility index (Phi) is 4.81. The number of cyclic esters (lactones) is 1. The number of hydrogen-bond acceptors (Lipinski definition) is 6. The number of methoxy groups -OCH3 is 1. The Bertz CT molecular complexity index is 685. The standard InChI is InChI=1S/C15H17N3O5S/c1-22-5-4-16-11(19)7-18-9-8-23-14(20)12(9)13(17-15(18)21)10-3-2-6-24-10/h2-3,6,13H,4-5,7-8H2,1H3,(H,16,19)(H,17,21). The van der Waals surface area contributed by atoms with Gasteiger partial charge in [0.05, 0.1) is 23.9 Å². The number of rotatable bonds is 6. The van der Waals surface area contributed by atoms with Gasteiger partial charge in [0.25, 0.3) is 0 Å². The van der Waals surface area contributed by atoms with Crippen molar-refractivity contribution in [3.8, 4) is 0 Å². The van der Waals surface area contributed by atoms with Gasteiger partial charge in [0.1, 0.15) is 13.2 Å². The first-order valence-corrected chi connectivity index (χ1v) is 8.27. The Morgan fingerprint density at radius 1 is 1.54 bits per heavy atom. The van der Waals surface area contributed by atoms with E-state index in [0.29, 0.717) is 24.4 Å². The van der Waals surface area contributed by atoms with Crippen LogP contribution in [0.25, 0.3) is 0 Å². The quantitative estimate of drug-likeness (QED) is 0.571. The van der Waals surface area contributed by atoms with Crippen molar-refractivity contribution in [3.63, 3.8) is 0 Å². The summed E-state index contributed by atoms with van der Waals surface area (Å²) in [4.78, 5) is 38.6. The molecule has 24 heavy (non-hydrogen) atoms. The highest BCUT2D eigenvalue weighted by Gasteiger charge is 2.42. The lowest BCUT2D eigenvalue weighted by molar-refractivity contribution is -0.136. The van der Waals surface area contributed by atoms with Crippen LogP contribution in [0.15, 0.2) is 28.8 Å². The average Bonchev–Trinajstić information content (AvgIpc) is 3.20. The number of nitrogens with one attached hydrogen (secondary N) is 2. The van der Waals surface area contributed by atoms with Crippen LogP contribution in [-0.2, 0) is 19.1 Å². The van der Waals surface area contributed by atoms with Crippen molar-refractivity contribution in [1.29, 1.82) is 0 Å². The van der Waals surface area contributed by atoms with Crippen molar-refractivity contribution in [2.75, 3.05) is 33.4 Å². The van der Waals surface area contributed by atoms with Gasteiger partial charge in [-0.2, -0.15) is 0 Å². The minimum Gasteiger partial charge on any atom is -0.456 e. The van der Waals surface area contributed by atoms with Gasteiger partial charge in [0, 0.05) is 18.5 Å². The summed E-state index contributed by atoms with van der Waals surface area (Å²) in [7, 11) is 1.54. The zero-order chi connectivity index (χ0) is 17.1. The largest absolute Gasteiger partial charge is 0.456 e. The van der Waals surface area contributed by atoms with E-state index in [1.54, 1.807) is 0 Å². The Morgan fingerprint density at radius 3 is 3.08 bits per heavy atom. The van der Waals surface area contributed by atoms with Crippen LogP contribution in [-0.4, -0.2) is 56.2 Å². The van der Waals surface area contributed by atoms with Gasteiger partial charge in [0.2, 0.25) is 5.91 Å². The van der Waals surface area contributed by atoms with E-state index in [9.17, 15) is 14.4 Å². The normalized spacial score (nSPS) is 19.9. The van der Waals surface area contributed by atoms with Gasteiger partial charge < -0.3 is 20.1 Å². The van der Waals surface area contributed by atoms with E-state index in [4.69, 9.17) is 9.47 Å². The molecule has 8 nitrogen and oxygen atoms in total. The van der Waals surface area contributed by atoms with Gasteiger partial charge in [-0.15, -0.1) is 11.3 Å². The maximum atomic E-state index is 12.4. The van der Waals surface area contributed by atoms with E-state index in [0.717, 1.165) is 4.88 Å². The maximum absolute atomic E-state index is 12.4. The predicted molar refractivity (Wildman–Crippen MR) is 85.2 cm³/mol. The summed E-state index contributed by atoms with van der Waals surface area (Å²) in [6.07, 6.45) is 0. The third-order valence-electron chi connectivity index (χ3n) is 3.76. The van der Waals surface area contributed by atoms with Gasteiger partial charge in [0.15, 0.2) is 0 Å². The van der Waals surface area contributed by atoms with Crippen LogP contribution in [0, 0.1) is 0 Å². The first kappa shape index (κ1) is 16.5. The molecule has 0 radical (unpaired) electrons. The first-order chi connectivity index (χ1) is 11.6. The molecule has 1 aromatic heterocycles. The third kappa shape index (κ3) is 3.13. The molecule has 2 aliphatic heterocycles. The van der Waals surface area contributed by atoms with Crippen molar-refractivity contribution in [2.24, 2.45) is 0 Å². The summed E-state index contributed by atoms with van der Waals surface area (Å²) in [6, 6.07) is 2.74. The highest BCUT2D eigenvalue weighted by molar-refractivity contribution is 7.10. The van der Waals surface area contributed by atoms with Crippen molar-refractivity contribution in [2.45, 2.75) is 6.04 Å². The van der Waals surface area contributed by atoms with Crippen molar-refractivity contribution in [1.82, 2.24) is 15.5 Å². The number of ether oxygens (including phenoxy) is 2. The maximum Gasteiger partial charge on any atom is 0.338 e. The monoisotopic (exact) mass is 351 g/mol. The zero-order valence-electron chi connectivity index (χ0n) is 13.0. The molecule has 0 spiro atoms. The van der Waals surface area contributed by atoms with Crippen LogP contribution in [0.2, 0.25) is 0 Å². The smallest absolute Gasteiger partial charge is 0.338 e. The lowest BCUT2D eigenvalue weighted by atomic mass is 10.0. The third-order valence-corrected chi connectivity index (χ3v) is 4.69. The molecule has 2 N–H and O–H groups in total. The number of esters is 1. The molecule has 0 aliphatic carbocycles. The minimum absolute atomic E-state index is 0.00515. The first-order valence-electron chi connectivity index (χ1n) is 7.39. The fourth-order valence-corrected chi connectivity index (χ4v) is 3.42. The summed E-state index contributed by atoms with van der Waals surface area (Å²) in [6.45, 7) is 0.550. The van der Waals surface area contributed by atoms with Crippen molar-refractivity contribution < 1.29 is 23.9 Å². The molecule has 0 fully saturated rings. The van der Waals surface area contributed by atoms with Gasteiger partial charge in [-0.3, -0.25) is 9.69 Å². The van der Waals surface area contributed by atoms with Crippen LogP contribution >= 0.6 is 11.3 Å². The molecular formula is C15H17N3O5S. The second kappa shape index (κ2) is 7.02. The molecule has 1 aromatic rings. The number of thiophene rings is 1. The Labute approximate surface area is 142 Å². The number of carbonyl (C=O) groups is 3. The molecule has 2 aliphatic rings. The molecule has 0 aromatic carbocycles. The topological polar surface area (TPSA) is 97.0 Å². The molecular weight excluding hydrogens is 334 g/mol. The van der Waals surface area contributed by atoms with E-state index in [1.165, 1.54) is 23.3 Å². The average molecular weight is 351 g/mol. The van der Waals surface area contributed by atoms with Gasteiger partial charge in [-0.25, -0.2) is 9.59 Å². The number of carbonyl (C=O) groups excluding carboxylic acids is 3. The minimum atomic E-state index is -0.532. The molecule has 0 saturated carbocycles. The molecule has 1 atom stereocenters. The van der Waals surface area contributed by atoms with E-state index in [-0.39, 0.29) is 19.1 Å². The molecule has 0 saturated heterocycles. The van der Waals surface area contributed by atoms with Gasteiger partial charge in [-0.1, -0.05) is 6.07 Å². The van der Waals surface area contributed by atoms with E-state index in [2.05, 4.69) is 10.6 Å². The SMILES string of the molecule is COCCNC(=O)CN1C(=O)NC(c2cccs2)C2=C1COC2=O. The predicted octanol–water partition coefficient (Wildman–Crippen LogP) is 0.388. The fourth-order valence-electron chi connectivity index (χ4n) is 2.64. The van der Waals surface area contributed by atoms with Crippen molar-refractivity contribution in [3.05, 3.63) is 33.7 Å². The van der Waals surface area contributed by atoms with Crippen LogP contribution in [0.3, 0.4) is 0 Å². The molecule has 9 heteroatoms. The van der Waals surface area contributed by atoms with E-state index < -0.39 is 18.0 Å². The highest BCUT2D eigenvalue weighted by atomic mass is 32.1. The van der Waals surface area contributed by atoms with Crippen molar-refractivity contribution >= 4 is 29.2 Å². The van der Waals surface area contributed by atoms with E-state index in [1.807, 2.05) is 17.5 Å². The fraction of sp³-hybridized carbons (Fsp3) is 0.400. The second-order valence-corrected chi connectivity index (χ2v) is 6.24. The summed E-state index contributed by atoms with van der Waals surface area (Å²) in [5, 5.41) is 7.30. The number of amides is 3. The molecule has 0 bridgehead atoms. The Hall–Kier alpha value is -2.39. The number of nitrogens with zero attached hydrogens (tertiary/aromatic N) is 1. The van der Waals surface area contributed by atoms with Crippen LogP contribution in [0.4, 0.5) is 4.79 Å². The second-order valence-electron chi connectivity index (χ2n) is 5.26. The van der Waals surface area contributed by atoms with Crippen LogP contribution in [0.1, 0.15) is 10.9 Å².